The highest BCUT2D eigenvalue weighted by molar-refractivity contribution is 7.91. The summed E-state index contributed by atoms with van der Waals surface area (Å²) in [7, 11) is -3.48. The van der Waals surface area contributed by atoms with Crippen LogP contribution in [0.3, 0.4) is 0 Å². The molecule has 0 heterocycles. The minimum absolute atomic E-state index is 0.389. The van der Waals surface area contributed by atoms with Gasteiger partial charge >= 0.3 is 0 Å². The van der Waals surface area contributed by atoms with Gasteiger partial charge in [0.15, 0.2) is 0 Å². The average molecular weight is 302 g/mol. The van der Waals surface area contributed by atoms with Gasteiger partial charge in [-0.05, 0) is 87.1 Å². The molecule has 0 N–H and O–H groups in total. The molecule has 2 rings (SSSR count). The van der Waals surface area contributed by atoms with Crippen molar-refractivity contribution in [1.82, 2.24) is 0 Å². The Bertz CT molecular complexity index is 792. The van der Waals surface area contributed by atoms with E-state index in [1.54, 1.807) is 12.1 Å². The second-order valence-corrected chi connectivity index (χ2v) is 7.73. The van der Waals surface area contributed by atoms with Crippen LogP contribution in [0.15, 0.2) is 34.1 Å². The molecule has 3 heteroatoms. The topological polar surface area (TPSA) is 34.1 Å². The molecule has 112 valence electrons. The zero-order valence-corrected chi connectivity index (χ0v) is 14.4. The predicted molar refractivity (Wildman–Crippen MR) is 86.8 cm³/mol. The molecular formula is C18H22O2S. The van der Waals surface area contributed by atoms with Crippen LogP contribution in [-0.2, 0) is 9.84 Å². The van der Waals surface area contributed by atoms with E-state index in [0.29, 0.717) is 9.79 Å². The summed E-state index contributed by atoms with van der Waals surface area (Å²) in [6, 6.07) is 7.40. The molecule has 0 aliphatic rings. The van der Waals surface area contributed by atoms with Crippen LogP contribution in [0.4, 0.5) is 0 Å². The third kappa shape index (κ3) is 2.62. The Morgan fingerprint density at radius 1 is 0.667 bits per heavy atom. The van der Waals surface area contributed by atoms with Gasteiger partial charge in [-0.25, -0.2) is 8.42 Å². The van der Waals surface area contributed by atoms with Gasteiger partial charge in [-0.3, -0.25) is 0 Å². The van der Waals surface area contributed by atoms with Gasteiger partial charge in [0.05, 0.1) is 9.79 Å². The summed E-state index contributed by atoms with van der Waals surface area (Å²) in [5.41, 5.74) is 5.80. The Morgan fingerprint density at radius 2 is 1.14 bits per heavy atom. The van der Waals surface area contributed by atoms with Crippen LogP contribution in [-0.4, -0.2) is 8.42 Å². The molecular weight excluding hydrogens is 280 g/mol. The lowest BCUT2D eigenvalue weighted by Gasteiger charge is -2.15. The van der Waals surface area contributed by atoms with E-state index >= 15 is 0 Å². The van der Waals surface area contributed by atoms with Crippen LogP contribution in [0.5, 0.6) is 0 Å². The fourth-order valence-corrected chi connectivity index (χ4v) is 4.56. The van der Waals surface area contributed by atoms with Crippen LogP contribution in [0.25, 0.3) is 0 Å². The Balaban J connectivity index is 2.78. The highest BCUT2D eigenvalue weighted by Gasteiger charge is 2.23. The van der Waals surface area contributed by atoms with E-state index in [2.05, 4.69) is 0 Å². The van der Waals surface area contributed by atoms with Gasteiger partial charge in [-0.1, -0.05) is 12.1 Å². The van der Waals surface area contributed by atoms with Crippen LogP contribution in [0.2, 0.25) is 0 Å². The van der Waals surface area contributed by atoms with E-state index in [4.69, 9.17) is 0 Å². The quantitative estimate of drug-likeness (QED) is 0.825. The smallest absolute Gasteiger partial charge is 0.207 e. The molecule has 2 aromatic carbocycles. The second-order valence-electron chi connectivity index (χ2n) is 5.84. The van der Waals surface area contributed by atoms with Crippen molar-refractivity contribution in [2.45, 2.75) is 51.3 Å². The SMILES string of the molecule is Cc1cc(S(=O)(=O)c2c(C)ccc(C)c2C)cc(C)c1C. The summed E-state index contributed by atoms with van der Waals surface area (Å²) in [5, 5.41) is 0. The van der Waals surface area contributed by atoms with Crippen molar-refractivity contribution in [2.75, 3.05) is 0 Å². The standard InChI is InChI=1S/C18H22O2S/c1-11-7-8-12(2)18(16(11)6)21(19,20)17-9-13(3)15(5)14(4)10-17/h7-10H,1-6H3. The minimum atomic E-state index is -3.48. The molecule has 0 bridgehead atoms. The van der Waals surface area contributed by atoms with Crippen LogP contribution < -0.4 is 0 Å². The first-order valence-corrected chi connectivity index (χ1v) is 8.54. The highest BCUT2D eigenvalue weighted by atomic mass is 32.2. The molecule has 0 aliphatic carbocycles. The molecule has 2 aromatic rings. The van der Waals surface area contributed by atoms with Gasteiger partial charge in [0, 0.05) is 0 Å². The van der Waals surface area contributed by atoms with Gasteiger partial charge in [-0.15, -0.1) is 0 Å². The van der Waals surface area contributed by atoms with Crippen molar-refractivity contribution >= 4 is 9.84 Å². The normalized spacial score (nSPS) is 11.7. The van der Waals surface area contributed by atoms with E-state index < -0.39 is 9.84 Å². The lowest BCUT2D eigenvalue weighted by Crippen LogP contribution is -2.08. The van der Waals surface area contributed by atoms with E-state index in [9.17, 15) is 8.42 Å². The molecule has 0 unspecified atom stereocenters. The van der Waals surface area contributed by atoms with E-state index in [1.165, 1.54) is 0 Å². The largest absolute Gasteiger partial charge is 0.218 e. The van der Waals surface area contributed by atoms with Crippen molar-refractivity contribution in [1.29, 1.82) is 0 Å². The lowest BCUT2D eigenvalue weighted by molar-refractivity contribution is 0.594. The molecule has 0 amide bonds. The number of sulfone groups is 1. The molecule has 0 aliphatic heterocycles. The fourth-order valence-electron chi connectivity index (χ4n) is 2.61. The molecule has 0 aromatic heterocycles. The highest BCUT2D eigenvalue weighted by Crippen LogP contribution is 2.30. The van der Waals surface area contributed by atoms with Crippen molar-refractivity contribution in [3.05, 3.63) is 57.6 Å². The molecule has 0 atom stereocenters. The monoisotopic (exact) mass is 302 g/mol. The van der Waals surface area contributed by atoms with Crippen LogP contribution in [0, 0.1) is 41.5 Å². The first kappa shape index (κ1) is 15.8. The van der Waals surface area contributed by atoms with Crippen LogP contribution in [0.1, 0.15) is 33.4 Å². The number of hydrogen-bond acceptors (Lipinski definition) is 2. The molecule has 0 fully saturated rings. The maximum Gasteiger partial charge on any atom is 0.207 e. The van der Waals surface area contributed by atoms with Gasteiger partial charge in [-0.2, -0.15) is 0 Å². The van der Waals surface area contributed by atoms with Crippen molar-refractivity contribution in [3.8, 4) is 0 Å². The Kier molecular flexibility index (Phi) is 3.98. The summed E-state index contributed by atoms with van der Waals surface area (Å²) in [5.74, 6) is 0. The molecule has 0 radical (unpaired) electrons. The fraction of sp³-hybridized carbons (Fsp3) is 0.333. The molecule has 0 spiro atoms. The van der Waals surface area contributed by atoms with Crippen molar-refractivity contribution < 1.29 is 8.42 Å². The van der Waals surface area contributed by atoms with E-state index in [1.807, 2.05) is 53.7 Å². The van der Waals surface area contributed by atoms with E-state index in [0.717, 1.165) is 33.4 Å². The zero-order chi connectivity index (χ0) is 15.9. The first-order valence-electron chi connectivity index (χ1n) is 7.06. The summed E-state index contributed by atoms with van der Waals surface area (Å²) >= 11 is 0. The summed E-state index contributed by atoms with van der Waals surface area (Å²) < 4.78 is 26.1. The number of aryl methyl sites for hydroxylation is 4. The van der Waals surface area contributed by atoms with Gasteiger partial charge < -0.3 is 0 Å². The van der Waals surface area contributed by atoms with Gasteiger partial charge in [0.2, 0.25) is 9.84 Å². The summed E-state index contributed by atoms with van der Waals surface area (Å²) in [6.45, 7) is 11.6. The lowest BCUT2D eigenvalue weighted by atomic mass is 10.1. The molecule has 0 saturated heterocycles. The Morgan fingerprint density at radius 3 is 1.67 bits per heavy atom. The van der Waals surface area contributed by atoms with Crippen molar-refractivity contribution in [3.63, 3.8) is 0 Å². The Hall–Kier alpha value is -1.61. The summed E-state index contributed by atoms with van der Waals surface area (Å²) in [4.78, 5) is 0.838. The number of rotatable bonds is 2. The number of benzene rings is 2. The third-order valence-corrected chi connectivity index (χ3v) is 6.38. The molecule has 2 nitrogen and oxygen atoms in total. The molecule has 0 saturated carbocycles. The number of hydrogen-bond donors (Lipinski definition) is 0. The van der Waals surface area contributed by atoms with Gasteiger partial charge in [0.1, 0.15) is 0 Å². The summed E-state index contributed by atoms with van der Waals surface area (Å²) in [6.07, 6.45) is 0. The van der Waals surface area contributed by atoms with Crippen molar-refractivity contribution in [2.24, 2.45) is 0 Å². The second kappa shape index (κ2) is 5.30. The van der Waals surface area contributed by atoms with E-state index in [-0.39, 0.29) is 0 Å². The predicted octanol–water partition coefficient (Wildman–Crippen LogP) is 4.37. The van der Waals surface area contributed by atoms with Gasteiger partial charge in [0.25, 0.3) is 0 Å². The average Bonchev–Trinajstić information content (AvgIpc) is 2.40. The minimum Gasteiger partial charge on any atom is -0.218 e. The zero-order valence-electron chi connectivity index (χ0n) is 13.5. The Labute approximate surface area is 127 Å². The first-order chi connectivity index (χ1) is 9.66. The molecule has 21 heavy (non-hydrogen) atoms. The third-order valence-electron chi connectivity index (χ3n) is 4.35. The maximum absolute atomic E-state index is 13.0. The maximum atomic E-state index is 13.0. The van der Waals surface area contributed by atoms with Crippen LogP contribution >= 0.6 is 0 Å².